The van der Waals surface area contributed by atoms with Crippen molar-refractivity contribution in [2.75, 3.05) is 10.6 Å². The fraction of sp³-hybridized carbons (Fsp3) is 0.652. The first-order valence-electron chi connectivity index (χ1n) is 10.7. The Hall–Kier alpha value is -1.44. The molecule has 2 N–H and O–H groups in total. The van der Waals surface area contributed by atoms with Crippen LogP contribution in [-0.2, 0) is 0 Å². The smallest absolute Gasteiger partial charge is 0.0436 e. The highest BCUT2D eigenvalue weighted by Gasteiger charge is 2.17. The molecule has 2 aliphatic rings. The number of hydrogen-bond donors (Lipinski definition) is 2. The van der Waals surface area contributed by atoms with E-state index in [1.807, 2.05) is 0 Å². The maximum absolute atomic E-state index is 3.84. The van der Waals surface area contributed by atoms with Crippen LogP contribution < -0.4 is 10.6 Å². The van der Waals surface area contributed by atoms with Crippen LogP contribution in [0.4, 0.5) is 11.4 Å². The summed E-state index contributed by atoms with van der Waals surface area (Å²) in [6, 6.07) is 8.25. The molecular weight excluding hydrogens is 304 g/mol. The van der Waals surface area contributed by atoms with Crippen molar-refractivity contribution in [2.24, 2.45) is 0 Å². The molecule has 0 spiro atoms. The Bertz CT molecular complexity index is 537. The van der Waals surface area contributed by atoms with Gasteiger partial charge in [-0.15, -0.1) is 0 Å². The van der Waals surface area contributed by atoms with E-state index in [-0.39, 0.29) is 0 Å². The van der Waals surface area contributed by atoms with Crippen LogP contribution in [0.3, 0.4) is 0 Å². The zero-order valence-electron chi connectivity index (χ0n) is 16.0. The lowest BCUT2D eigenvalue weighted by Gasteiger charge is -2.19. The summed E-state index contributed by atoms with van der Waals surface area (Å²) in [6.07, 6.45) is 20.6. The van der Waals surface area contributed by atoms with Gasteiger partial charge in [-0.25, -0.2) is 0 Å². The van der Waals surface area contributed by atoms with Gasteiger partial charge in [0.05, 0.1) is 0 Å². The summed E-state index contributed by atoms with van der Waals surface area (Å²) in [5.74, 6) is 0. The highest BCUT2D eigenvalue weighted by Crippen LogP contribution is 2.29. The third-order valence-corrected chi connectivity index (χ3v) is 5.77. The van der Waals surface area contributed by atoms with Crippen LogP contribution in [0.1, 0.15) is 89.5 Å². The number of nitrogens with one attached hydrogen (secondary N) is 2. The second kappa shape index (κ2) is 9.89. The summed E-state index contributed by atoms with van der Waals surface area (Å²) in [4.78, 5) is 0. The largest absolute Gasteiger partial charge is 0.382 e. The molecule has 0 saturated heterocycles. The maximum Gasteiger partial charge on any atom is 0.0436 e. The van der Waals surface area contributed by atoms with E-state index in [1.54, 1.807) is 0 Å². The van der Waals surface area contributed by atoms with Crippen molar-refractivity contribution in [3.8, 4) is 0 Å². The van der Waals surface area contributed by atoms with Gasteiger partial charge in [-0.2, -0.15) is 0 Å². The Labute approximate surface area is 154 Å². The first-order chi connectivity index (χ1) is 12.3. The quantitative estimate of drug-likeness (QED) is 0.473. The number of anilines is 2. The Morgan fingerprint density at radius 1 is 0.920 bits per heavy atom. The fourth-order valence-corrected chi connectivity index (χ4v) is 4.23. The van der Waals surface area contributed by atoms with E-state index in [2.05, 4.69) is 47.9 Å². The lowest BCUT2D eigenvalue weighted by molar-refractivity contribution is 0.730. The van der Waals surface area contributed by atoms with Crippen LogP contribution in [0.15, 0.2) is 24.3 Å². The van der Waals surface area contributed by atoms with Gasteiger partial charge < -0.3 is 10.6 Å². The predicted octanol–water partition coefficient (Wildman–Crippen LogP) is 6.99. The van der Waals surface area contributed by atoms with Crippen molar-refractivity contribution in [2.45, 2.75) is 96.1 Å². The second-order valence-corrected chi connectivity index (χ2v) is 7.95. The zero-order valence-corrected chi connectivity index (χ0v) is 16.0. The summed E-state index contributed by atoms with van der Waals surface area (Å²) >= 11 is 0. The Kier molecular flexibility index (Phi) is 7.26. The van der Waals surface area contributed by atoms with Gasteiger partial charge in [0.1, 0.15) is 0 Å². The minimum absolute atomic E-state index is 0.661. The van der Waals surface area contributed by atoms with Gasteiger partial charge in [-0.05, 0) is 56.2 Å². The van der Waals surface area contributed by atoms with Gasteiger partial charge in [0, 0.05) is 23.5 Å². The van der Waals surface area contributed by atoms with Gasteiger partial charge in [-0.1, -0.05) is 63.7 Å². The van der Waals surface area contributed by atoms with Crippen molar-refractivity contribution in [3.63, 3.8) is 0 Å². The summed E-state index contributed by atoms with van der Waals surface area (Å²) in [5.41, 5.74) is 3.96. The molecule has 2 saturated carbocycles. The molecule has 0 amide bonds. The molecule has 1 aromatic carbocycles. The maximum atomic E-state index is 3.84. The molecule has 25 heavy (non-hydrogen) atoms. The van der Waals surface area contributed by atoms with Gasteiger partial charge >= 0.3 is 0 Å². The van der Waals surface area contributed by atoms with Crippen LogP contribution in [0, 0.1) is 0 Å². The predicted molar refractivity (Wildman–Crippen MR) is 111 cm³/mol. The molecule has 1 aromatic rings. The molecule has 2 nitrogen and oxygen atoms in total. The van der Waals surface area contributed by atoms with Crippen molar-refractivity contribution in [1.82, 2.24) is 0 Å². The standard InChI is InChI=1S/C23H36N2/c1-2-3-4-5-6-11-19-16-17-22(24-20-12-7-8-13-20)18-23(19)25-21-14-9-10-15-21/h6,11,16-18,20-21,24-25H,2-5,7-10,12-15H2,1H3. The van der Waals surface area contributed by atoms with Gasteiger partial charge in [0.15, 0.2) is 0 Å². The number of rotatable bonds is 9. The summed E-state index contributed by atoms with van der Waals surface area (Å²) < 4.78 is 0. The number of allylic oxidation sites excluding steroid dienone is 1. The molecule has 2 fully saturated rings. The van der Waals surface area contributed by atoms with Gasteiger partial charge in [-0.3, -0.25) is 0 Å². The highest BCUT2D eigenvalue weighted by atomic mass is 14.9. The van der Waals surface area contributed by atoms with Crippen molar-refractivity contribution < 1.29 is 0 Å². The van der Waals surface area contributed by atoms with Crippen LogP contribution >= 0.6 is 0 Å². The van der Waals surface area contributed by atoms with E-state index in [4.69, 9.17) is 0 Å². The van der Waals surface area contributed by atoms with Crippen molar-refractivity contribution >= 4 is 17.5 Å². The van der Waals surface area contributed by atoms with E-state index in [0.29, 0.717) is 12.1 Å². The second-order valence-electron chi connectivity index (χ2n) is 7.95. The summed E-state index contributed by atoms with van der Waals surface area (Å²) in [5, 5.41) is 7.59. The Morgan fingerprint density at radius 2 is 1.60 bits per heavy atom. The van der Waals surface area contributed by atoms with Crippen LogP contribution in [0.2, 0.25) is 0 Å². The monoisotopic (exact) mass is 340 g/mol. The van der Waals surface area contributed by atoms with Crippen LogP contribution in [0.25, 0.3) is 6.08 Å². The average Bonchev–Trinajstić information content (AvgIpc) is 3.30. The normalized spacial score (nSPS) is 19.1. The molecule has 0 radical (unpaired) electrons. The van der Waals surface area contributed by atoms with E-state index < -0.39 is 0 Å². The summed E-state index contributed by atoms with van der Waals surface area (Å²) in [7, 11) is 0. The third-order valence-electron chi connectivity index (χ3n) is 5.77. The number of hydrogen-bond acceptors (Lipinski definition) is 2. The molecule has 0 aliphatic heterocycles. The Balaban J connectivity index is 1.67. The molecule has 0 aromatic heterocycles. The molecule has 0 heterocycles. The topological polar surface area (TPSA) is 24.1 Å². The average molecular weight is 341 g/mol. The molecule has 0 bridgehead atoms. The van der Waals surface area contributed by atoms with E-state index in [9.17, 15) is 0 Å². The minimum Gasteiger partial charge on any atom is -0.382 e. The lowest BCUT2D eigenvalue weighted by atomic mass is 10.1. The minimum atomic E-state index is 0.661. The molecular formula is C23H36N2. The van der Waals surface area contributed by atoms with E-state index >= 15 is 0 Å². The lowest BCUT2D eigenvalue weighted by Crippen LogP contribution is -2.17. The van der Waals surface area contributed by atoms with E-state index in [1.165, 1.54) is 94.0 Å². The molecule has 3 rings (SSSR count). The molecule has 0 atom stereocenters. The first-order valence-corrected chi connectivity index (χ1v) is 10.7. The van der Waals surface area contributed by atoms with Gasteiger partial charge in [0.2, 0.25) is 0 Å². The van der Waals surface area contributed by atoms with Gasteiger partial charge in [0.25, 0.3) is 0 Å². The van der Waals surface area contributed by atoms with Crippen molar-refractivity contribution in [1.29, 1.82) is 0 Å². The third kappa shape index (κ3) is 5.80. The van der Waals surface area contributed by atoms with Crippen LogP contribution in [0.5, 0.6) is 0 Å². The summed E-state index contributed by atoms with van der Waals surface area (Å²) in [6.45, 7) is 2.27. The van der Waals surface area contributed by atoms with E-state index in [0.717, 1.165) is 0 Å². The first kappa shape index (κ1) is 18.4. The van der Waals surface area contributed by atoms with Crippen molar-refractivity contribution in [3.05, 3.63) is 29.8 Å². The fourth-order valence-electron chi connectivity index (χ4n) is 4.23. The molecule has 2 heteroatoms. The highest BCUT2D eigenvalue weighted by molar-refractivity contribution is 5.71. The van der Waals surface area contributed by atoms with Crippen LogP contribution in [-0.4, -0.2) is 12.1 Å². The Morgan fingerprint density at radius 3 is 2.28 bits per heavy atom. The number of unbranched alkanes of at least 4 members (excludes halogenated alkanes) is 3. The molecule has 138 valence electrons. The SMILES string of the molecule is CCCCCC=Cc1ccc(NC2CCCC2)cc1NC1CCCC1. The number of benzene rings is 1. The zero-order chi connectivity index (χ0) is 17.3. The molecule has 2 aliphatic carbocycles. The molecule has 0 unspecified atom stereocenters.